The first-order valence-electron chi connectivity index (χ1n) is 6.04. The van der Waals surface area contributed by atoms with Crippen LogP contribution in [0.15, 0.2) is 18.2 Å². The summed E-state index contributed by atoms with van der Waals surface area (Å²) in [5.74, 6) is -0.0275. The van der Waals surface area contributed by atoms with Crippen molar-refractivity contribution in [3.05, 3.63) is 33.8 Å². The summed E-state index contributed by atoms with van der Waals surface area (Å²) in [6, 6.07) is 5.24. The van der Waals surface area contributed by atoms with E-state index < -0.39 is 0 Å². The lowest BCUT2D eigenvalue weighted by Crippen LogP contribution is -2.40. The van der Waals surface area contributed by atoms with E-state index in [0.717, 1.165) is 25.9 Å². The number of benzene rings is 1. The van der Waals surface area contributed by atoms with Gasteiger partial charge in [-0.05, 0) is 38.1 Å². The molecule has 0 spiro atoms. The normalized spacial score (nSPS) is 18.3. The highest BCUT2D eigenvalue weighted by molar-refractivity contribution is 6.35. The second-order valence-electron chi connectivity index (χ2n) is 4.48. The molecule has 1 unspecified atom stereocenters. The summed E-state index contributed by atoms with van der Waals surface area (Å²) < 4.78 is 0. The maximum absolute atomic E-state index is 12.5. The number of carbonyl (C=O) groups is 1. The predicted octanol–water partition coefficient (Wildman–Crippen LogP) is 3.24. The highest BCUT2D eigenvalue weighted by atomic mass is 35.5. The molecule has 1 fully saturated rings. The zero-order valence-electron chi connectivity index (χ0n) is 10.7. The topological polar surface area (TPSA) is 32.3 Å². The Balaban J connectivity index is 0.00000180. The molecular formula is C13H17Cl3N2O. The quantitative estimate of drug-likeness (QED) is 0.926. The van der Waals surface area contributed by atoms with Gasteiger partial charge in [0.1, 0.15) is 0 Å². The number of nitrogens with zero attached hydrogens (tertiary/aromatic N) is 1. The van der Waals surface area contributed by atoms with Crippen LogP contribution in [-0.4, -0.2) is 37.0 Å². The average molecular weight is 324 g/mol. The Labute approximate surface area is 129 Å². The predicted molar refractivity (Wildman–Crippen MR) is 81.7 cm³/mol. The number of rotatable bonds is 3. The average Bonchev–Trinajstić information content (AvgIpc) is 2.80. The molecule has 2 rings (SSSR count). The minimum Gasteiger partial charge on any atom is -0.334 e. The smallest absolute Gasteiger partial charge is 0.255 e. The maximum atomic E-state index is 12.5. The van der Waals surface area contributed by atoms with E-state index in [1.807, 2.05) is 11.9 Å². The molecule has 0 aromatic heterocycles. The second-order valence-corrected chi connectivity index (χ2v) is 5.32. The molecule has 1 atom stereocenters. The van der Waals surface area contributed by atoms with Crippen LogP contribution in [0.2, 0.25) is 10.0 Å². The molecule has 1 aromatic carbocycles. The Morgan fingerprint density at radius 2 is 2.21 bits per heavy atom. The Kier molecular flexibility index (Phi) is 6.40. The number of nitrogens with one attached hydrogen (secondary N) is 1. The molecule has 0 radical (unpaired) electrons. The highest BCUT2D eigenvalue weighted by Gasteiger charge is 2.29. The van der Waals surface area contributed by atoms with Crippen molar-refractivity contribution < 1.29 is 4.79 Å². The van der Waals surface area contributed by atoms with Crippen LogP contribution in [0.3, 0.4) is 0 Å². The van der Waals surface area contributed by atoms with E-state index in [1.165, 1.54) is 0 Å². The van der Waals surface area contributed by atoms with Gasteiger partial charge in [0.05, 0.1) is 10.6 Å². The molecule has 1 N–H and O–H groups in total. The third-order valence-corrected chi connectivity index (χ3v) is 3.80. The molecule has 1 heterocycles. The third kappa shape index (κ3) is 3.76. The van der Waals surface area contributed by atoms with Gasteiger partial charge in [-0.2, -0.15) is 0 Å². The van der Waals surface area contributed by atoms with Crippen molar-refractivity contribution in [2.45, 2.75) is 18.9 Å². The molecule has 1 amide bonds. The SMILES string of the molecule is CNCC1CCCN1C(=O)c1cc(Cl)ccc1Cl.Cl. The van der Waals surface area contributed by atoms with Gasteiger partial charge in [0.15, 0.2) is 0 Å². The number of hydrogen-bond donors (Lipinski definition) is 1. The van der Waals surface area contributed by atoms with E-state index in [9.17, 15) is 4.79 Å². The number of carbonyl (C=O) groups excluding carboxylic acids is 1. The lowest BCUT2D eigenvalue weighted by molar-refractivity contribution is 0.0737. The standard InChI is InChI=1S/C13H16Cl2N2O.ClH/c1-16-8-10-3-2-6-17(10)13(18)11-7-9(14)4-5-12(11)15;/h4-5,7,10,16H,2-3,6,8H2,1H3;1H. The van der Waals surface area contributed by atoms with Crippen LogP contribution < -0.4 is 5.32 Å². The molecule has 1 aromatic rings. The molecule has 3 nitrogen and oxygen atoms in total. The van der Waals surface area contributed by atoms with Gasteiger partial charge in [0.2, 0.25) is 0 Å². The highest BCUT2D eigenvalue weighted by Crippen LogP contribution is 2.25. The van der Waals surface area contributed by atoms with E-state index in [0.29, 0.717) is 15.6 Å². The van der Waals surface area contributed by atoms with E-state index in [2.05, 4.69) is 5.32 Å². The number of amides is 1. The second kappa shape index (κ2) is 7.34. The summed E-state index contributed by atoms with van der Waals surface area (Å²) in [4.78, 5) is 14.3. The van der Waals surface area contributed by atoms with Gasteiger partial charge in [-0.15, -0.1) is 12.4 Å². The van der Waals surface area contributed by atoms with Gasteiger partial charge in [-0.3, -0.25) is 4.79 Å². The molecule has 1 saturated heterocycles. The van der Waals surface area contributed by atoms with Gasteiger partial charge < -0.3 is 10.2 Å². The fraction of sp³-hybridized carbons (Fsp3) is 0.462. The maximum Gasteiger partial charge on any atom is 0.255 e. The van der Waals surface area contributed by atoms with Gasteiger partial charge in [-0.1, -0.05) is 23.2 Å². The Bertz CT molecular complexity index is 454. The zero-order valence-corrected chi connectivity index (χ0v) is 13.0. The lowest BCUT2D eigenvalue weighted by atomic mass is 10.1. The van der Waals surface area contributed by atoms with Crippen LogP contribution in [0, 0.1) is 0 Å². The Hall–Kier alpha value is -0.480. The molecule has 19 heavy (non-hydrogen) atoms. The van der Waals surface area contributed by atoms with Gasteiger partial charge in [0, 0.05) is 24.2 Å². The molecule has 1 aliphatic heterocycles. The van der Waals surface area contributed by atoms with Crippen molar-refractivity contribution in [2.75, 3.05) is 20.1 Å². The van der Waals surface area contributed by atoms with Crippen LogP contribution in [0.25, 0.3) is 0 Å². The minimum absolute atomic E-state index is 0. The van der Waals surface area contributed by atoms with Gasteiger partial charge in [0.25, 0.3) is 5.91 Å². The van der Waals surface area contributed by atoms with Crippen molar-refractivity contribution in [3.8, 4) is 0 Å². The Morgan fingerprint density at radius 1 is 1.47 bits per heavy atom. The number of likely N-dealkylation sites (N-methyl/N-ethyl adjacent to an activating group) is 1. The van der Waals surface area contributed by atoms with Crippen molar-refractivity contribution in [1.82, 2.24) is 10.2 Å². The fourth-order valence-corrected chi connectivity index (χ4v) is 2.74. The fourth-order valence-electron chi connectivity index (χ4n) is 2.37. The summed E-state index contributed by atoms with van der Waals surface area (Å²) in [7, 11) is 1.90. The first-order chi connectivity index (χ1) is 8.63. The van der Waals surface area contributed by atoms with Crippen molar-refractivity contribution in [1.29, 1.82) is 0 Å². The van der Waals surface area contributed by atoms with Crippen LogP contribution in [0.1, 0.15) is 23.2 Å². The molecule has 1 aliphatic rings. The monoisotopic (exact) mass is 322 g/mol. The zero-order chi connectivity index (χ0) is 13.1. The lowest BCUT2D eigenvalue weighted by Gasteiger charge is -2.25. The van der Waals surface area contributed by atoms with E-state index in [-0.39, 0.29) is 24.4 Å². The first-order valence-corrected chi connectivity index (χ1v) is 6.79. The molecule has 6 heteroatoms. The number of halogens is 3. The van der Waals surface area contributed by atoms with Crippen LogP contribution in [-0.2, 0) is 0 Å². The molecule has 0 aliphatic carbocycles. The summed E-state index contributed by atoms with van der Waals surface area (Å²) in [5.41, 5.74) is 0.493. The van der Waals surface area contributed by atoms with Crippen molar-refractivity contribution in [3.63, 3.8) is 0 Å². The van der Waals surface area contributed by atoms with Crippen LogP contribution >= 0.6 is 35.6 Å². The molecule has 106 valence electrons. The first kappa shape index (κ1) is 16.6. The third-order valence-electron chi connectivity index (χ3n) is 3.24. The summed E-state index contributed by atoms with van der Waals surface area (Å²) >= 11 is 12.0. The summed E-state index contributed by atoms with van der Waals surface area (Å²) in [6.07, 6.45) is 2.07. The van der Waals surface area contributed by atoms with Crippen LogP contribution in [0.4, 0.5) is 0 Å². The number of likely N-dealkylation sites (tertiary alicyclic amines) is 1. The molecule has 0 bridgehead atoms. The molecule has 0 saturated carbocycles. The van der Waals surface area contributed by atoms with Gasteiger partial charge >= 0.3 is 0 Å². The van der Waals surface area contributed by atoms with E-state index in [1.54, 1.807) is 18.2 Å². The summed E-state index contributed by atoms with van der Waals surface area (Å²) in [5, 5.41) is 4.11. The Morgan fingerprint density at radius 3 is 2.89 bits per heavy atom. The van der Waals surface area contributed by atoms with E-state index >= 15 is 0 Å². The largest absolute Gasteiger partial charge is 0.334 e. The number of hydrogen-bond acceptors (Lipinski definition) is 2. The molecular weight excluding hydrogens is 307 g/mol. The minimum atomic E-state index is -0.0275. The van der Waals surface area contributed by atoms with Crippen molar-refractivity contribution >= 4 is 41.5 Å². The van der Waals surface area contributed by atoms with Crippen LogP contribution in [0.5, 0.6) is 0 Å². The van der Waals surface area contributed by atoms with Gasteiger partial charge in [-0.25, -0.2) is 0 Å². The summed E-state index contributed by atoms with van der Waals surface area (Å²) in [6.45, 7) is 1.60. The van der Waals surface area contributed by atoms with E-state index in [4.69, 9.17) is 23.2 Å². The van der Waals surface area contributed by atoms with Crippen molar-refractivity contribution in [2.24, 2.45) is 0 Å².